The molecule has 1 aromatic carbocycles. The van der Waals surface area contributed by atoms with Gasteiger partial charge in [0, 0.05) is 10.6 Å². The molecule has 88 valence electrons. The van der Waals surface area contributed by atoms with Crippen molar-refractivity contribution in [3.8, 4) is 11.4 Å². The number of rotatable bonds is 3. The quantitative estimate of drug-likeness (QED) is 0.659. The predicted octanol–water partition coefficient (Wildman–Crippen LogP) is 2.52. The fourth-order valence-corrected chi connectivity index (χ4v) is 1.78. The molecule has 1 aromatic heterocycles. The standard InChI is InChI=1S/C10H9ClN4OS/c11-7-3-1-2-6(4-7)9-14-8(16-15-9)5-17-10(12)13/h1-4H,5H2,(H3,12,13). The molecule has 2 aromatic rings. The van der Waals surface area contributed by atoms with Crippen LogP contribution < -0.4 is 5.73 Å². The van der Waals surface area contributed by atoms with E-state index in [9.17, 15) is 0 Å². The van der Waals surface area contributed by atoms with E-state index in [0.29, 0.717) is 22.5 Å². The van der Waals surface area contributed by atoms with Crippen LogP contribution in [0.3, 0.4) is 0 Å². The number of amidine groups is 1. The zero-order valence-electron chi connectivity index (χ0n) is 8.68. The summed E-state index contributed by atoms with van der Waals surface area (Å²) in [4.78, 5) is 4.18. The fourth-order valence-electron chi connectivity index (χ4n) is 1.20. The second-order valence-electron chi connectivity index (χ2n) is 3.17. The summed E-state index contributed by atoms with van der Waals surface area (Å²) in [6.07, 6.45) is 0. The Kier molecular flexibility index (Phi) is 3.65. The normalized spacial score (nSPS) is 10.4. The summed E-state index contributed by atoms with van der Waals surface area (Å²) < 4.78 is 5.03. The molecule has 5 nitrogen and oxygen atoms in total. The van der Waals surface area contributed by atoms with Crippen molar-refractivity contribution in [2.24, 2.45) is 5.73 Å². The van der Waals surface area contributed by atoms with E-state index in [-0.39, 0.29) is 5.17 Å². The van der Waals surface area contributed by atoms with Gasteiger partial charge in [0.15, 0.2) is 5.17 Å². The van der Waals surface area contributed by atoms with Gasteiger partial charge in [0.05, 0.1) is 5.75 Å². The number of nitrogens with zero attached hydrogens (tertiary/aromatic N) is 2. The van der Waals surface area contributed by atoms with Crippen LogP contribution in [-0.2, 0) is 5.75 Å². The zero-order chi connectivity index (χ0) is 12.3. The number of hydrogen-bond donors (Lipinski definition) is 2. The van der Waals surface area contributed by atoms with Crippen molar-refractivity contribution >= 4 is 28.5 Å². The summed E-state index contributed by atoms with van der Waals surface area (Å²) >= 11 is 7.00. The molecule has 3 N–H and O–H groups in total. The van der Waals surface area contributed by atoms with Gasteiger partial charge in [0.25, 0.3) is 0 Å². The van der Waals surface area contributed by atoms with Crippen LogP contribution in [0.5, 0.6) is 0 Å². The molecule has 0 aliphatic carbocycles. The molecule has 0 aliphatic heterocycles. The smallest absolute Gasteiger partial charge is 0.237 e. The Bertz CT molecular complexity index is 543. The Balaban J connectivity index is 2.15. The molecule has 1 heterocycles. The Morgan fingerprint density at radius 3 is 3.06 bits per heavy atom. The second kappa shape index (κ2) is 5.20. The first-order valence-electron chi connectivity index (χ1n) is 4.70. The Morgan fingerprint density at radius 1 is 1.53 bits per heavy atom. The zero-order valence-corrected chi connectivity index (χ0v) is 10.3. The predicted molar refractivity (Wildman–Crippen MR) is 68.0 cm³/mol. The molecule has 0 amide bonds. The lowest BCUT2D eigenvalue weighted by atomic mass is 10.2. The summed E-state index contributed by atoms with van der Waals surface area (Å²) in [6, 6.07) is 7.20. The van der Waals surface area contributed by atoms with Gasteiger partial charge in [0.1, 0.15) is 0 Å². The Morgan fingerprint density at radius 2 is 2.35 bits per heavy atom. The largest absolute Gasteiger partial charge is 0.379 e. The molecule has 0 bridgehead atoms. The first kappa shape index (κ1) is 11.9. The molecule has 0 saturated carbocycles. The number of halogens is 1. The molecule has 0 spiro atoms. The summed E-state index contributed by atoms with van der Waals surface area (Å²) in [6.45, 7) is 0. The highest BCUT2D eigenvalue weighted by molar-refractivity contribution is 8.12. The highest BCUT2D eigenvalue weighted by Gasteiger charge is 2.09. The number of aromatic nitrogens is 2. The van der Waals surface area contributed by atoms with Crippen molar-refractivity contribution in [2.75, 3.05) is 0 Å². The van der Waals surface area contributed by atoms with Gasteiger partial charge in [-0.3, -0.25) is 5.41 Å². The van der Waals surface area contributed by atoms with Gasteiger partial charge in [-0.2, -0.15) is 4.98 Å². The number of thioether (sulfide) groups is 1. The summed E-state index contributed by atoms with van der Waals surface area (Å²) in [5.41, 5.74) is 6.01. The highest BCUT2D eigenvalue weighted by Crippen LogP contribution is 2.20. The molecule has 0 fully saturated rings. The van der Waals surface area contributed by atoms with E-state index < -0.39 is 0 Å². The van der Waals surface area contributed by atoms with Crippen LogP contribution in [0.25, 0.3) is 11.4 Å². The molecular weight excluding hydrogens is 260 g/mol. The van der Waals surface area contributed by atoms with Crippen molar-refractivity contribution in [1.29, 1.82) is 5.41 Å². The molecule has 7 heteroatoms. The van der Waals surface area contributed by atoms with E-state index >= 15 is 0 Å². The van der Waals surface area contributed by atoms with Crippen molar-refractivity contribution in [1.82, 2.24) is 10.1 Å². The Hall–Kier alpha value is -1.53. The third-order valence-corrected chi connectivity index (χ3v) is 2.84. The van der Waals surface area contributed by atoms with Gasteiger partial charge in [-0.05, 0) is 12.1 Å². The lowest BCUT2D eigenvalue weighted by molar-refractivity contribution is 0.392. The molecular formula is C10H9ClN4OS. The molecule has 0 aliphatic rings. The van der Waals surface area contributed by atoms with E-state index in [2.05, 4.69) is 10.1 Å². The first-order valence-corrected chi connectivity index (χ1v) is 6.07. The minimum absolute atomic E-state index is 0.0208. The molecule has 0 saturated heterocycles. The van der Waals surface area contributed by atoms with Gasteiger partial charge in [0.2, 0.25) is 11.7 Å². The maximum atomic E-state index is 7.08. The Labute approximate surface area is 107 Å². The van der Waals surface area contributed by atoms with Crippen LogP contribution in [0.2, 0.25) is 5.02 Å². The van der Waals surface area contributed by atoms with Gasteiger partial charge in [-0.25, -0.2) is 0 Å². The van der Waals surface area contributed by atoms with E-state index in [0.717, 1.165) is 17.3 Å². The van der Waals surface area contributed by atoms with Crippen LogP contribution in [0.4, 0.5) is 0 Å². The fraction of sp³-hybridized carbons (Fsp3) is 0.100. The highest BCUT2D eigenvalue weighted by atomic mass is 35.5. The van der Waals surface area contributed by atoms with E-state index in [1.54, 1.807) is 12.1 Å². The number of nitrogens with two attached hydrogens (primary N) is 1. The molecule has 0 unspecified atom stereocenters. The number of benzene rings is 1. The summed E-state index contributed by atoms with van der Waals surface area (Å²) in [5.74, 6) is 1.30. The molecule has 2 rings (SSSR count). The van der Waals surface area contributed by atoms with E-state index in [1.165, 1.54) is 0 Å². The van der Waals surface area contributed by atoms with E-state index in [1.807, 2.05) is 12.1 Å². The monoisotopic (exact) mass is 268 g/mol. The van der Waals surface area contributed by atoms with Gasteiger partial charge in [-0.15, -0.1) is 0 Å². The maximum absolute atomic E-state index is 7.08. The minimum atomic E-state index is 0.0208. The molecule has 0 atom stereocenters. The topological polar surface area (TPSA) is 88.8 Å². The average Bonchev–Trinajstić information content (AvgIpc) is 2.75. The lowest BCUT2D eigenvalue weighted by Crippen LogP contribution is -2.03. The minimum Gasteiger partial charge on any atom is -0.379 e. The van der Waals surface area contributed by atoms with Crippen molar-refractivity contribution < 1.29 is 4.52 Å². The molecule has 0 radical (unpaired) electrons. The van der Waals surface area contributed by atoms with Crippen molar-refractivity contribution in [3.63, 3.8) is 0 Å². The maximum Gasteiger partial charge on any atom is 0.237 e. The third kappa shape index (κ3) is 3.21. The molecule has 17 heavy (non-hydrogen) atoms. The lowest BCUT2D eigenvalue weighted by Gasteiger charge is -1.94. The number of nitrogens with one attached hydrogen (secondary N) is 1. The summed E-state index contributed by atoms with van der Waals surface area (Å²) in [5, 5.41) is 11.6. The second-order valence-corrected chi connectivity index (χ2v) is 4.63. The van der Waals surface area contributed by atoms with Crippen LogP contribution in [0.1, 0.15) is 5.89 Å². The van der Waals surface area contributed by atoms with Crippen LogP contribution in [-0.4, -0.2) is 15.3 Å². The average molecular weight is 269 g/mol. The SMILES string of the molecule is N=C(N)SCc1nc(-c2cccc(Cl)c2)no1. The summed E-state index contributed by atoms with van der Waals surface area (Å²) in [7, 11) is 0. The van der Waals surface area contributed by atoms with Gasteiger partial charge < -0.3 is 10.3 Å². The third-order valence-electron chi connectivity index (χ3n) is 1.90. The van der Waals surface area contributed by atoms with Crippen LogP contribution in [0, 0.1) is 5.41 Å². The van der Waals surface area contributed by atoms with Crippen molar-refractivity contribution in [2.45, 2.75) is 5.75 Å². The number of hydrogen-bond acceptors (Lipinski definition) is 5. The van der Waals surface area contributed by atoms with Gasteiger partial charge in [-0.1, -0.05) is 40.7 Å². The van der Waals surface area contributed by atoms with Crippen LogP contribution in [0.15, 0.2) is 28.8 Å². The van der Waals surface area contributed by atoms with Crippen molar-refractivity contribution in [3.05, 3.63) is 35.2 Å². The van der Waals surface area contributed by atoms with Gasteiger partial charge >= 0.3 is 0 Å². The van der Waals surface area contributed by atoms with E-state index in [4.69, 9.17) is 27.3 Å². The van der Waals surface area contributed by atoms with Crippen LogP contribution >= 0.6 is 23.4 Å². The first-order chi connectivity index (χ1) is 8.15.